The third-order valence-electron chi connectivity index (χ3n) is 7.31. The van der Waals surface area contributed by atoms with E-state index in [1.54, 1.807) is 0 Å². The zero-order chi connectivity index (χ0) is 21.3. The van der Waals surface area contributed by atoms with Gasteiger partial charge in [-0.05, 0) is 36.2 Å². The van der Waals surface area contributed by atoms with Gasteiger partial charge < -0.3 is 14.4 Å². The minimum Gasteiger partial charge on any atom is -0.462 e. The van der Waals surface area contributed by atoms with Crippen molar-refractivity contribution < 1.29 is 19.1 Å². The molecule has 0 aromatic heterocycles. The van der Waals surface area contributed by atoms with E-state index in [2.05, 4.69) is 20.8 Å². The second kappa shape index (κ2) is 9.09. The van der Waals surface area contributed by atoms with Gasteiger partial charge in [0.1, 0.15) is 6.10 Å². The van der Waals surface area contributed by atoms with E-state index >= 15 is 0 Å². The Bertz CT molecular complexity index is 743. The van der Waals surface area contributed by atoms with E-state index in [9.17, 15) is 9.59 Å². The van der Waals surface area contributed by atoms with Gasteiger partial charge >= 0.3 is 5.97 Å². The summed E-state index contributed by atoms with van der Waals surface area (Å²) in [5.74, 6) is 0.619. The molecule has 5 heteroatoms. The number of hydrogen-bond donors (Lipinski definition) is 0. The number of rotatable bonds is 5. The van der Waals surface area contributed by atoms with Crippen molar-refractivity contribution in [3.05, 3.63) is 35.9 Å². The van der Waals surface area contributed by atoms with E-state index in [-0.39, 0.29) is 35.7 Å². The van der Waals surface area contributed by atoms with E-state index in [1.165, 1.54) is 6.42 Å². The third kappa shape index (κ3) is 4.41. The second-order valence-corrected chi connectivity index (χ2v) is 9.73. The fraction of sp³-hybridized carbons (Fsp3) is 0.680. The Morgan fingerprint density at radius 3 is 2.43 bits per heavy atom. The Balaban J connectivity index is 1.50. The summed E-state index contributed by atoms with van der Waals surface area (Å²) in [6.07, 6.45) is 3.21. The van der Waals surface area contributed by atoms with E-state index in [1.807, 2.05) is 35.2 Å². The van der Waals surface area contributed by atoms with Gasteiger partial charge in [0.2, 0.25) is 5.91 Å². The Hall–Kier alpha value is -1.88. The molecular formula is C25H35NO4. The number of carbonyl (C=O) groups is 2. The van der Waals surface area contributed by atoms with Gasteiger partial charge in [0, 0.05) is 19.0 Å². The Morgan fingerprint density at radius 2 is 1.77 bits per heavy atom. The molecule has 30 heavy (non-hydrogen) atoms. The highest BCUT2D eigenvalue weighted by Gasteiger charge is 2.61. The van der Waals surface area contributed by atoms with Gasteiger partial charge in [0.25, 0.3) is 0 Å². The number of hydrogen-bond acceptors (Lipinski definition) is 4. The van der Waals surface area contributed by atoms with Crippen LogP contribution in [-0.2, 0) is 19.1 Å². The summed E-state index contributed by atoms with van der Waals surface area (Å²) in [5, 5.41) is 0. The maximum atomic E-state index is 13.3. The smallest absolute Gasteiger partial charge is 0.310 e. The van der Waals surface area contributed by atoms with Crippen LogP contribution in [0.5, 0.6) is 0 Å². The molecule has 5 nitrogen and oxygen atoms in total. The molecule has 1 saturated heterocycles. The van der Waals surface area contributed by atoms with Crippen LogP contribution in [-0.4, -0.2) is 49.2 Å². The summed E-state index contributed by atoms with van der Waals surface area (Å²) in [5.41, 5.74) is 1.06. The summed E-state index contributed by atoms with van der Waals surface area (Å²) in [6.45, 7) is 9.03. The van der Waals surface area contributed by atoms with Crippen LogP contribution < -0.4 is 0 Å². The number of morpholine rings is 1. The standard InChI is InChI=1S/C25H35NO4/c1-16(2)19-10-9-17(3)15-20(19)30-25(28)23-21(18-7-5-4-6-8-18)22(23)24(27)26-11-13-29-14-12-26/h4-8,16-17,19-23H,9-15H2,1-3H3/t17-,19+,20+,21+,22-,23-/m1/s1. The topological polar surface area (TPSA) is 55.8 Å². The van der Waals surface area contributed by atoms with Gasteiger partial charge in [-0.3, -0.25) is 9.59 Å². The van der Waals surface area contributed by atoms with Crippen LogP contribution >= 0.6 is 0 Å². The lowest BCUT2D eigenvalue weighted by Crippen LogP contribution is -2.42. The number of amides is 1. The molecule has 2 saturated carbocycles. The molecule has 164 valence electrons. The number of nitrogens with zero attached hydrogens (tertiary/aromatic N) is 1. The minimum absolute atomic E-state index is 0.0302. The Kier molecular flexibility index (Phi) is 6.47. The van der Waals surface area contributed by atoms with Crippen LogP contribution in [0, 0.1) is 29.6 Å². The van der Waals surface area contributed by atoms with Gasteiger partial charge in [0.05, 0.1) is 25.0 Å². The highest BCUT2D eigenvalue weighted by Crippen LogP contribution is 2.56. The largest absolute Gasteiger partial charge is 0.462 e. The number of carbonyl (C=O) groups excluding carboxylic acids is 2. The average Bonchev–Trinajstić information content (AvgIpc) is 3.50. The molecule has 1 aliphatic heterocycles. The first kappa shape index (κ1) is 21.4. The molecule has 2 aliphatic carbocycles. The third-order valence-corrected chi connectivity index (χ3v) is 7.31. The second-order valence-electron chi connectivity index (χ2n) is 9.73. The van der Waals surface area contributed by atoms with Crippen molar-refractivity contribution in [2.75, 3.05) is 26.3 Å². The molecule has 3 aliphatic rings. The lowest BCUT2D eigenvalue weighted by molar-refractivity contribution is -0.159. The molecule has 4 rings (SSSR count). The van der Waals surface area contributed by atoms with E-state index < -0.39 is 0 Å². The molecular weight excluding hydrogens is 378 g/mol. The van der Waals surface area contributed by atoms with Crippen molar-refractivity contribution in [1.82, 2.24) is 4.90 Å². The van der Waals surface area contributed by atoms with Crippen LogP contribution in [0.1, 0.15) is 51.5 Å². The minimum atomic E-state index is -0.368. The zero-order valence-electron chi connectivity index (χ0n) is 18.5. The fourth-order valence-corrected chi connectivity index (χ4v) is 5.47. The van der Waals surface area contributed by atoms with Crippen LogP contribution in [0.4, 0.5) is 0 Å². The molecule has 0 spiro atoms. The highest BCUT2D eigenvalue weighted by atomic mass is 16.5. The van der Waals surface area contributed by atoms with Gasteiger partial charge in [-0.2, -0.15) is 0 Å². The molecule has 3 fully saturated rings. The first-order chi connectivity index (χ1) is 14.5. The maximum absolute atomic E-state index is 13.3. The first-order valence-corrected chi connectivity index (χ1v) is 11.6. The lowest BCUT2D eigenvalue weighted by atomic mass is 9.75. The van der Waals surface area contributed by atoms with Crippen molar-refractivity contribution in [2.24, 2.45) is 29.6 Å². The summed E-state index contributed by atoms with van der Waals surface area (Å²) >= 11 is 0. The van der Waals surface area contributed by atoms with Crippen LogP contribution in [0.25, 0.3) is 0 Å². The predicted molar refractivity (Wildman–Crippen MR) is 115 cm³/mol. The first-order valence-electron chi connectivity index (χ1n) is 11.6. The van der Waals surface area contributed by atoms with E-state index in [0.717, 1.165) is 18.4 Å². The Morgan fingerprint density at radius 1 is 1.07 bits per heavy atom. The SMILES string of the molecule is CC(C)[C@@H]1CC[C@@H](C)C[C@@H]1OC(=O)[C@H]1[C@H](C(=O)N2CCOCC2)[C@@H]1c1ccccc1. The van der Waals surface area contributed by atoms with E-state index in [0.29, 0.717) is 44.1 Å². The molecule has 1 amide bonds. The molecule has 0 N–H and O–H groups in total. The molecule has 0 unspecified atom stereocenters. The molecule has 6 atom stereocenters. The van der Waals surface area contributed by atoms with Gasteiger partial charge in [-0.1, -0.05) is 57.5 Å². The quantitative estimate of drug-likeness (QED) is 0.688. The molecule has 0 radical (unpaired) electrons. The maximum Gasteiger partial charge on any atom is 0.310 e. The summed E-state index contributed by atoms with van der Waals surface area (Å²) in [6, 6.07) is 9.97. The summed E-state index contributed by atoms with van der Waals surface area (Å²) in [7, 11) is 0. The van der Waals surface area contributed by atoms with Gasteiger partial charge in [-0.15, -0.1) is 0 Å². The van der Waals surface area contributed by atoms with Crippen LogP contribution in [0.2, 0.25) is 0 Å². The van der Waals surface area contributed by atoms with Crippen molar-refractivity contribution in [3.63, 3.8) is 0 Å². The van der Waals surface area contributed by atoms with Crippen molar-refractivity contribution >= 4 is 11.9 Å². The fourth-order valence-electron chi connectivity index (χ4n) is 5.47. The predicted octanol–water partition coefficient (Wildman–Crippen LogP) is 3.88. The lowest BCUT2D eigenvalue weighted by Gasteiger charge is -2.36. The Labute approximate surface area is 180 Å². The van der Waals surface area contributed by atoms with Crippen LogP contribution in [0.15, 0.2) is 30.3 Å². The molecule has 1 aromatic carbocycles. The highest BCUT2D eigenvalue weighted by molar-refractivity contribution is 5.93. The van der Waals surface area contributed by atoms with Crippen LogP contribution in [0.3, 0.4) is 0 Å². The monoisotopic (exact) mass is 413 g/mol. The van der Waals surface area contributed by atoms with Crippen molar-refractivity contribution in [3.8, 4) is 0 Å². The van der Waals surface area contributed by atoms with Gasteiger partial charge in [0.15, 0.2) is 0 Å². The molecule has 1 heterocycles. The summed E-state index contributed by atoms with van der Waals surface area (Å²) < 4.78 is 11.5. The number of ether oxygens (including phenoxy) is 2. The molecule has 0 bridgehead atoms. The van der Waals surface area contributed by atoms with Crippen molar-refractivity contribution in [2.45, 2.75) is 52.1 Å². The average molecular weight is 414 g/mol. The van der Waals surface area contributed by atoms with Gasteiger partial charge in [-0.25, -0.2) is 0 Å². The molecule has 1 aromatic rings. The van der Waals surface area contributed by atoms with E-state index in [4.69, 9.17) is 9.47 Å². The van der Waals surface area contributed by atoms with Crippen molar-refractivity contribution in [1.29, 1.82) is 0 Å². The zero-order valence-corrected chi connectivity index (χ0v) is 18.5. The number of esters is 1. The normalized spacial score (nSPS) is 33.9. The summed E-state index contributed by atoms with van der Waals surface area (Å²) in [4.78, 5) is 28.4. The number of benzene rings is 1.